The van der Waals surface area contributed by atoms with Crippen LogP contribution < -0.4 is 21.3 Å². The Labute approximate surface area is 279 Å². The minimum absolute atomic E-state index is 0.0424. The predicted molar refractivity (Wildman–Crippen MR) is 162 cm³/mol. The number of ether oxygens (including phenoxy) is 1. The number of aliphatic hydroxyl groups excluding tert-OH is 1. The molecule has 3 aliphatic rings. The number of urea groups is 1. The topological polar surface area (TPSA) is 168 Å². The van der Waals surface area contributed by atoms with E-state index in [9.17, 15) is 41.4 Å². The number of β-amino-alcohol motifs (C(OH)–C–C–N with tert-alkyl or cyclic N) is 1. The highest BCUT2D eigenvalue weighted by atomic mass is 35.5. The number of hydrogen-bond donors (Lipinski definition) is 5. The molecule has 2 saturated heterocycles. The molecule has 2 aliphatic heterocycles. The molecule has 1 aliphatic carbocycles. The molecule has 1 unspecified atom stereocenters. The van der Waals surface area contributed by atoms with Crippen LogP contribution in [-0.4, -0.2) is 111 Å². The van der Waals surface area contributed by atoms with Gasteiger partial charge in [0.05, 0.1) is 58.9 Å². The van der Waals surface area contributed by atoms with Crippen molar-refractivity contribution in [2.45, 2.75) is 48.9 Å². The normalized spacial score (nSPS) is 24.6. The van der Waals surface area contributed by atoms with Gasteiger partial charge in [0, 0.05) is 52.1 Å². The number of anilines is 1. The summed E-state index contributed by atoms with van der Waals surface area (Å²) in [6.45, 7) is 1.10. The Morgan fingerprint density at radius 2 is 1.86 bits per heavy atom. The maximum atomic E-state index is 13.8. The molecule has 3 aromatic rings. The molecular formula is C29H31ClF5N9O5. The van der Waals surface area contributed by atoms with Crippen LogP contribution in [0.2, 0.25) is 5.02 Å². The van der Waals surface area contributed by atoms with Gasteiger partial charge in [0.25, 0.3) is 17.7 Å². The second-order valence-electron chi connectivity index (χ2n) is 12.1. The SMILES string of the molecule is CO[C@@H]1CN(C(=O)N[C@@H]2CNC[C@H]2O)C[C@H]1NC(=O)c1ccc(NC(=O)c2ncc(-c3cn(C4CC4(F)F)nc3C(F)(F)F)n2C)cc1Cl. The Kier molecular flexibility index (Phi) is 9.05. The zero-order chi connectivity index (χ0) is 35.4. The van der Waals surface area contributed by atoms with Crippen molar-refractivity contribution in [3.05, 3.63) is 52.7 Å². The van der Waals surface area contributed by atoms with E-state index in [1.807, 2.05) is 0 Å². The molecule has 6 rings (SSSR count). The first-order valence-corrected chi connectivity index (χ1v) is 15.4. The summed E-state index contributed by atoms with van der Waals surface area (Å²) in [5.74, 6) is -4.87. The third-order valence-electron chi connectivity index (χ3n) is 8.72. The fourth-order valence-corrected chi connectivity index (χ4v) is 6.16. The summed E-state index contributed by atoms with van der Waals surface area (Å²) >= 11 is 6.39. The lowest BCUT2D eigenvalue weighted by Crippen LogP contribution is -2.49. The average Bonchev–Trinajstić information content (AvgIpc) is 3.57. The van der Waals surface area contributed by atoms with Gasteiger partial charge in [-0.2, -0.15) is 18.3 Å². The van der Waals surface area contributed by atoms with Gasteiger partial charge in [0.15, 0.2) is 11.5 Å². The van der Waals surface area contributed by atoms with Crippen LogP contribution in [0.1, 0.15) is 39.1 Å². The van der Waals surface area contributed by atoms with Crippen LogP contribution in [0, 0.1) is 0 Å². The summed E-state index contributed by atoms with van der Waals surface area (Å²) < 4.78 is 75.6. The highest BCUT2D eigenvalue weighted by molar-refractivity contribution is 6.34. The number of aliphatic hydroxyl groups is 1. The van der Waals surface area contributed by atoms with Gasteiger partial charge in [0.2, 0.25) is 0 Å². The second kappa shape index (κ2) is 12.8. The number of carbonyl (C=O) groups excluding carboxylic acids is 3. The Hall–Kier alpha value is -4.33. The van der Waals surface area contributed by atoms with Crippen molar-refractivity contribution in [3.8, 4) is 11.3 Å². The van der Waals surface area contributed by atoms with Crippen LogP contribution in [-0.2, 0) is 18.0 Å². The average molecular weight is 716 g/mol. The predicted octanol–water partition coefficient (Wildman–Crippen LogP) is 2.26. The molecule has 4 amide bonds. The van der Waals surface area contributed by atoms with Crippen molar-refractivity contribution in [2.75, 3.05) is 38.6 Å². The van der Waals surface area contributed by atoms with Crippen molar-refractivity contribution in [1.29, 1.82) is 0 Å². The molecule has 3 fully saturated rings. The molecule has 20 heteroatoms. The van der Waals surface area contributed by atoms with Crippen LogP contribution in [0.15, 0.2) is 30.6 Å². The van der Waals surface area contributed by atoms with Crippen molar-refractivity contribution >= 4 is 35.1 Å². The molecule has 5 N–H and O–H groups in total. The van der Waals surface area contributed by atoms with Crippen molar-refractivity contribution in [1.82, 2.24) is 40.2 Å². The van der Waals surface area contributed by atoms with Gasteiger partial charge in [-0.25, -0.2) is 18.6 Å². The van der Waals surface area contributed by atoms with Crippen molar-refractivity contribution in [3.63, 3.8) is 0 Å². The van der Waals surface area contributed by atoms with E-state index in [4.69, 9.17) is 16.3 Å². The Bertz CT molecular complexity index is 1780. The number of aromatic nitrogens is 4. The number of alkyl halides is 5. The van der Waals surface area contributed by atoms with Crippen LogP contribution >= 0.6 is 11.6 Å². The largest absolute Gasteiger partial charge is 0.435 e. The molecule has 49 heavy (non-hydrogen) atoms. The summed E-state index contributed by atoms with van der Waals surface area (Å²) in [5, 5.41) is 24.4. The van der Waals surface area contributed by atoms with E-state index < -0.39 is 78.0 Å². The molecule has 5 atom stereocenters. The zero-order valence-electron chi connectivity index (χ0n) is 25.9. The number of carbonyl (C=O) groups is 3. The standard InChI is InChI=1S/C29H31ClF5N9O5/c1-42-19(15-10-44(22-6-28(22,31)32)41-23(15)29(33,34)35)8-37-24(42)26(47)38-13-3-4-14(16(30)5-13)25(46)39-18-11-43(12-21(18)49-2)27(48)40-17-7-36-9-20(17)45/h3-5,8,10,17-18,20-22,36,45H,6-7,9,11-12H2,1-2H3,(H,38,47)(H,39,46)(H,40,48)/t17-,18-,20-,21-,22?/m1/s1. The fraction of sp³-hybridized carbons (Fsp3) is 0.483. The van der Waals surface area contributed by atoms with E-state index in [1.165, 1.54) is 37.3 Å². The number of methoxy groups -OCH3 is 1. The highest BCUT2D eigenvalue weighted by Crippen LogP contribution is 2.53. The van der Waals surface area contributed by atoms with Gasteiger partial charge in [-0.3, -0.25) is 14.3 Å². The minimum Gasteiger partial charge on any atom is -0.390 e. The summed E-state index contributed by atoms with van der Waals surface area (Å²) in [4.78, 5) is 44.4. The van der Waals surface area contributed by atoms with E-state index in [2.05, 4.69) is 31.3 Å². The second-order valence-corrected chi connectivity index (χ2v) is 12.5. The zero-order valence-corrected chi connectivity index (χ0v) is 26.6. The van der Waals surface area contributed by atoms with Crippen LogP contribution in [0.25, 0.3) is 11.3 Å². The first-order valence-electron chi connectivity index (χ1n) is 15.0. The van der Waals surface area contributed by atoms with E-state index in [1.54, 1.807) is 0 Å². The number of halogens is 6. The summed E-state index contributed by atoms with van der Waals surface area (Å²) in [5.41, 5.74) is -1.90. The van der Waals surface area contributed by atoms with E-state index in [0.29, 0.717) is 17.8 Å². The van der Waals surface area contributed by atoms with Crippen molar-refractivity contribution in [2.24, 2.45) is 7.05 Å². The lowest BCUT2D eigenvalue weighted by Gasteiger charge is -2.22. The van der Waals surface area contributed by atoms with E-state index >= 15 is 0 Å². The maximum absolute atomic E-state index is 13.8. The van der Waals surface area contributed by atoms with E-state index in [-0.39, 0.29) is 40.9 Å². The first-order chi connectivity index (χ1) is 23.1. The lowest BCUT2D eigenvalue weighted by molar-refractivity contribution is -0.141. The maximum Gasteiger partial charge on any atom is 0.435 e. The number of likely N-dealkylation sites (tertiary alicyclic amines) is 1. The Morgan fingerprint density at radius 3 is 2.47 bits per heavy atom. The molecule has 4 heterocycles. The number of amides is 4. The molecule has 0 bridgehead atoms. The molecule has 0 radical (unpaired) electrons. The van der Waals surface area contributed by atoms with Gasteiger partial charge < -0.3 is 40.6 Å². The number of benzene rings is 1. The molecule has 14 nitrogen and oxygen atoms in total. The molecular weight excluding hydrogens is 685 g/mol. The fourth-order valence-electron chi connectivity index (χ4n) is 5.89. The Balaban J connectivity index is 1.11. The van der Waals surface area contributed by atoms with Gasteiger partial charge in [-0.1, -0.05) is 11.6 Å². The van der Waals surface area contributed by atoms with Crippen LogP contribution in [0.5, 0.6) is 0 Å². The number of rotatable bonds is 8. The van der Waals surface area contributed by atoms with E-state index in [0.717, 1.165) is 17.0 Å². The third kappa shape index (κ3) is 6.92. The summed E-state index contributed by atoms with van der Waals surface area (Å²) in [6.07, 6.45) is -4.97. The minimum atomic E-state index is -4.96. The molecule has 2 aromatic heterocycles. The van der Waals surface area contributed by atoms with Crippen molar-refractivity contribution < 1.29 is 46.2 Å². The highest BCUT2D eigenvalue weighted by Gasteiger charge is 2.59. The quantitative estimate of drug-likeness (QED) is 0.222. The summed E-state index contributed by atoms with van der Waals surface area (Å²) in [7, 11) is 2.74. The first kappa shape index (κ1) is 34.5. The van der Waals surface area contributed by atoms with Crippen LogP contribution in [0.3, 0.4) is 0 Å². The third-order valence-corrected chi connectivity index (χ3v) is 9.03. The smallest absolute Gasteiger partial charge is 0.390 e. The molecule has 1 saturated carbocycles. The number of imidazole rings is 1. The van der Waals surface area contributed by atoms with Gasteiger partial charge >= 0.3 is 12.2 Å². The summed E-state index contributed by atoms with van der Waals surface area (Å²) in [6, 6.07) is 1.08. The lowest BCUT2D eigenvalue weighted by atomic mass is 10.1. The molecule has 0 spiro atoms. The van der Waals surface area contributed by atoms with Gasteiger partial charge in [-0.15, -0.1) is 0 Å². The molecule has 264 valence electrons. The number of nitrogens with one attached hydrogen (secondary N) is 4. The van der Waals surface area contributed by atoms with Gasteiger partial charge in [0.1, 0.15) is 6.04 Å². The number of nitrogens with zero attached hydrogens (tertiary/aromatic N) is 5. The number of hydrogen-bond acceptors (Lipinski definition) is 8. The molecule has 1 aromatic carbocycles. The monoisotopic (exact) mass is 715 g/mol. The Morgan fingerprint density at radius 1 is 1.12 bits per heavy atom. The van der Waals surface area contributed by atoms with Gasteiger partial charge in [-0.05, 0) is 18.2 Å². The van der Waals surface area contributed by atoms with Crippen LogP contribution in [0.4, 0.5) is 32.4 Å².